The number of fused-ring (bicyclic) bond motifs is 1. The van der Waals surface area contributed by atoms with E-state index in [1.54, 1.807) is 4.90 Å². The molecule has 1 saturated heterocycles. The van der Waals surface area contributed by atoms with E-state index < -0.39 is 17.8 Å². The molecule has 0 saturated carbocycles. The van der Waals surface area contributed by atoms with Crippen LogP contribution in [0.1, 0.15) is 17.5 Å². The zero-order valence-corrected chi connectivity index (χ0v) is 16.0. The highest BCUT2D eigenvalue weighted by atomic mass is 19.4. The molecule has 2 aromatic carbocycles. The number of ether oxygens (including phenoxy) is 1. The lowest BCUT2D eigenvalue weighted by atomic mass is 10.0. The molecule has 1 unspecified atom stereocenters. The first-order chi connectivity index (χ1) is 14.4. The number of benzene rings is 2. The monoisotopic (exact) mass is 415 g/mol. The second kappa shape index (κ2) is 8.22. The smallest absolute Gasteiger partial charge is 0.416 e. The van der Waals surface area contributed by atoms with Crippen LogP contribution in [-0.4, -0.2) is 35.1 Å². The third-order valence-corrected chi connectivity index (χ3v) is 5.09. The number of carbonyl (C=O) groups is 1. The molecule has 1 aromatic heterocycles. The number of urea groups is 1. The molecule has 156 valence electrons. The van der Waals surface area contributed by atoms with E-state index in [-0.39, 0.29) is 11.9 Å². The summed E-state index contributed by atoms with van der Waals surface area (Å²) >= 11 is 0. The Labute approximate surface area is 171 Å². The molecule has 4 rings (SSSR count). The fourth-order valence-electron chi connectivity index (χ4n) is 3.56. The number of carbonyl (C=O) groups excluding carboxylic acids is 1. The Hall–Kier alpha value is -3.29. The van der Waals surface area contributed by atoms with Crippen LogP contribution in [0.3, 0.4) is 0 Å². The van der Waals surface area contributed by atoms with Crippen molar-refractivity contribution in [1.29, 1.82) is 0 Å². The lowest BCUT2D eigenvalue weighted by Crippen LogP contribution is -2.39. The number of aromatic nitrogens is 1. The molecule has 2 amide bonds. The van der Waals surface area contributed by atoms with E-state index >= 15 is 0 Å². The highest BCUT2D eigenvalue weighted by Gasteiger charge is 2.32. The maximum absolute atomic E-state index is 12.8. The van der Waals surface area contributed by atoms with Crippen molar-refractivity contribution in [2.75, 3.05) is 13.1 Å². The molecule has 0 radical (unpaired) electrons. The third-order valence-electron chi connectivity index (χ3n) is 5.09. The number of likely N-dealkylation sites (tertiary alicyclic amines) is 1. The van der Waals surface area contributed by atoms with Crippen molar-refractivity contribution in [3.8, 4) is 5.88 Å². The second-order valence-electron chi connectivity index (χ2n) is 7.15. The fourth-order valence-corrected chi connectivity index (χ4v) is 3.56. The van der Waals surface area contributed by atoms with Gasteiger partial charge in [0.05, 0.1) is 12.1 Å². The summed E-state index contributed by atoms with van der Waals surface area (Å²) in [6.45, 7) is 1.14. The van der Waals surface area contributed by atoms with Crippen molar-refractivity contribution in [2.45, 2.75) is 25.2 Å². The minimum absolute atomic E-state index is 0.0900. The first kappa shape index (κ1) is 20.0. The predicted molar refractivity (Wildman–Crippen MR) is 106 cm³/mol. The summed E-state index contributed by atoms with van der Waals surface area (Å²) in [7, 11) is 0. The van der Waals surface area contributed by atoms with Crippen LogP contribution in [-0.2, 0) is 12.7 Å². The number of hydrogen-bond donors (Lipinski definition) is 1. The molecule has 1 aliphatic heterocycles. The molecule has 30 heavy (non-hydrogen) atoms. The number of nitrogens with zero attached hydrogens (tertiary/aromatic N) is 2. The van der Waals surface area contributed by atoms with Crippen LogP contribution < -0.4 is 10.1 Å². The number of pyridine rings is 1. The van der Waals surface area contributed by atoms with Crippen molar-refractivity contribution in [1.82, 2.24) is 15.2 Å². The quantitative estimate of drug-likeness (QED) is 0.677. The van der Waals surface area contributed by atoms with E-state index in [2.05, 4.69) is 10.3 Å². The zero-order valence-electron chi connectivity index (χ0n) is 16.0. The van der Waals surface area contributed by atoms with Crippen molar-refractivity contribution in [2.24, 2.45) is 0 Å². The minimum atomic E-state index is -4.45. The molecular formula is C22H20F3N3O2. The van der Waals surface area contributed by atoms with E-state index in [0.717, 1.165) is 34.7 Å². The largest absolute Gasteiger partial charge is 0.472 e. The van der Waals surface area contributed by atoms with E-state index in [9.17, 15) is 18.0 Å². The topological polar surface area (TPSA) is 54.5 Å². The normalized spacial score (nSPS) is 16.6. The SMILES string of the molecule is O=C(NCc1cccc2ccccc12)N1CCC(Oc2cc(C(F)(F)F)ccn2)C1. The molecule has 0 aliphatic carbocycles. The van der Waals surface area contributed by atoms with Crippen LogP contribution in [0.2, 0.25) is 0 Å². The van der Waals surface area contributed by atoms with Crippen molar-refractivity contribution in [3.05, 3.63) is 71.9 Å². The molecule has 1 fully saturated rings. The van der Waals surface area contributed by atoms with Gasteiger partial charge >= 0.3 is 12.2 Å². The molecule has 1 atom stereocenters. The Kier molecular flexibility index (Phi) is 5.48. The summed E-state index contributed by atoms with van der Waals surface area (Å²) in [4.78, 5) is 18.0. The molecule has 1 aliphatic rings. The molecule has 8 heteroatoms. The number of alkyl halides is 3. The van der Waals surface area contributed by atoms with E-state index in [0.29, 0.717) is 26.1 Å². The Morgan fingerprint density at radius 2 is 1.97 bits per heavy atom. The Morgan fingerprint density at radius 3 is 2.80 bits per heavy atom. The Balaban J connectivity index is 1.34. The predicted octanol–water partition coefficient (Wildman–Crippen LogP) is 4.62. The summed E-state index contributed by atoms with van der Waals surface area (Å²) in [5.41, 5.74) is 0.205. The maximum atomic E-state index is 12.8. The zero-order chi connectivity index (χ0) is 21.1. The molecule has 2 heterocycles. The summed E-state index contributed by atoms with van der Waals surface area (Å²) in [5, 5.41) is 5.10. The van der Waals surface area contributed by atoms with Gasteiger partial charge in [-0.25, -0.2) is 9.78 Å². The lowest BCUT2D eigenvalue weighted by molar-refractivity contribution is -0.137. The van der Waals surface area contributed by atoms with Crippen molar-refractivity contribution in [3.63, 3.8) is 0 Å². The van der Waals surface area contributed by atoms with Gasteiger partial charge in [0.25, 0.3) is 0 Å². The lowest BCUT2D eigenvalue weighted by Gasteiger charge is -2.18. The highest BCUT2D eigenvalue weighted by Crippen LogP contribution is 2.31. The van der Waals surface area contributed by atoms with Crippen molar-refractivity contribution < 1.29 is 22.7 Å². The number of hydrogen-bond acceptors (Lipinski definition) is 3. The molecule has 5 nitrogen and oxygen atoms in total. The molecule has 3 aromatic rings. The molecule has 0 spiro atoms. The van der Waals surface area contributed by atoms with Crippen LogP contribution in [0, 0.1) is 0 Å². The first-order valence-electron chi connectivity index (χ1n) is 9.59. The van der Waals surface area contributed by atoms with Crippen LogP contribution >= 0.6 is 0 Å². The second-order valence-corrected chi connectivity index (χ2v) is 7.15. The van der Waals surface area contributed by atoms with Crippen LogP contribution in [0.4, 0.5) is 18.0 Å². The Morgan fingerprint density at radius 1 is 1.17 bits per heavy atom. The molecule has 0 bridgehead atoms. The first-order valence-corrected chi connectivity index (χ1v) is 9.59. The van der Waals surface area contributed by atoms with E-state index in [1.165, 1.54) is 0 Å². The van der Waals surface area contributed by atoms with Gasteiger partial charge in [0, 0.05) is 31.8 Å². The van der Waals surface area contributed by atoms with Crippen LogP contribution in [0.15, 0.2) is 60.8 Å². The summed E-state index contributed by atoms with van der Waals surface area (Å²) in [6.07, 6.45) is -3.25. The average Bonchev–Trinajstić information content (AvgIpc) is 3.20. The standard InChI is InChI=1S/C22H20F3N3O2/c23-22(24,25)17-8-10-26-20(12-17)30-18-9-11-28(14-18)21(29)27-13-16-6-3-5-15-4-1-2-7-19(15)16/h1-8,10,12,18H,9,11,13-14H2,(H,27,29). The minimum Gasteiger partial charge on any atom is -0.472 e. The third kappa shape index (κ3) is 4.48. The number of nitrogens with one attached hydrogen (secondary N) is 1. The van der Waals surface area contributed by atoms with E-state index in [1.807, 2.05) is 42.5 Å². The van der Waals surface area contributed by atoms with Gasteiger partial charge in [-0.05, 0) is 22.4 Å². The van der Waals surface area contributed by atoms with Gasteiger partial charge in [0.2, 0.25) is 5.88 Å². The van der Waals surface area contributed by atoms with Crippen LogP contribution in [0.5, 0.6) is 5.88 Å². The van der Waals surface area contributed by atoms with Gasteiger partial charge in [-0.2, -0.15) is 13.2 Å². The van der Waals surface area contributed by atoms with E-state index in [4.69, 9.17) is 4.74 Å². The summed E-state index contributed by atoms with van der Waals surface area (Å²) in [5.74, 6) is -0.0900. The van der Waals surface area contributed by atoms with Gasteiger partial charge in [0.1, 0.15) is 6.10 Å². The van der Waals surface area contributed by atoms with Gasteiger partial charge in [0.15, 0.2) is 0 Å². The number of amides is 2. The van der Waals surface area contributed by atoms with Gasteiger partial charge < -0.3 is 15.0 Å². The van der Waals surface area contributed by atoms with Crippen molar-refractivity contribution >= 4 is 16.8 Å². The van der Waals surface area contributed by atoms with Crippen LogP contribution in [0.25, 0.3) is 10.8 Å². The average molecular weight is 415 g/mol. The fraction of sp³-hybridized carbons (Fsp3) is 0.273. The van der Waals surface area contributed by atoms with Gasteiger partial charge in [-0.3, -0.25) is 0 Å². The van der Waals surface area contributed by atoms with Gasteiger partial charge in [-0.15, -0.1) is 0 Å². The Bertz CT molecular complexity index is 1050. The molecule has 1 N–H and O–H groups in total. The molecular weight excluding hydrogens is 395 g/mol. The highest BCUT2D eigenvalue weighted by molar-refractivity contribution is 5.86. The van der Waals surface area contributed by atoms with Gasteiger partial charge in [-0.1, -0.05) is 42.5 Å². The summed E-state index contributed by atoms with van der Waals surface area (Å²) in [6, 6.07) is 15.4. The number of halogens is 3. The summed E-state index contributed by atoms with van der Waals surface area (Å²) < 4.78 is 44.1. The number of rotatable bonds is 4. The maximum Gasteiger partial charge on any atom is 0.416 e.